The van der Waals surface area contributed by atoms with E-state index in [1.54, 1.807) is 31.3 Å². The topological polar surface area (TPSA) is 39.9 Å². The van der Waals surface area contributed by atoms with Gasteiger partial charge in [-0.2, -0.15) is 0 Å². The first-order valence-electron chi connectivity index (χ1n) is 6.59. The predicted octanol–water partition coefficient (Wildman–Crippen LogP) is 2.84. The summed E-state index contributed by atoms with van der Waals surface area (Å²) in [5.74, 6) is -0.169. The SMILES string of the molecule is COCCn1cnnc1SC1CCc2ccc(F)cc21. The van der Waals surface area contributed by atoms with Crippen molar-refractivity contribution >= 4 is 11.8 Å². The molecule has 0 spiro atoms. The Hall–Kier alpha value is -1.40. The number of nitrogens with zero attached hydrogens (tertiary/aromatic N) is 3. The Morgan fingerprint density at radius 3 is 3.25 bits per heavy atom. The van der Waals surface area contributed by atoms with Gasteiger partial charge in [0, 0.05) is 18.9 Å². The van der Waals surface area contributed by atoms with Crippen LogP contribution < -0.4 is 0 Å². The molecular weight excluding hydrogens is 277 g/mol. The molecule has 0 amide bonds. The van der Waals surface area contributed by atoms with Crippen molar-refractivity contribution in [1.82, 2.24) is 14.8 Å². The first-order chi connectivity index (χ1) is 9.78. The molecule has 6 heteroatoms. The van der Waals surface area contributed by atoms with Crippen molar-refractivity contribution in [3.63, 3.8) is 0 Å². The second-order valence-corrected chi connectivity index (χ2v) is 5.96. The van der Waals surface area contributed by atoms with Crippen LogP contribution in [-0.2, 0) is 17.7 Å². The highest BCUT2D eigenvalue weighted by Gasteiger charge is 2.25. The van der Waals surface area contributed by atoms with Gasteiger partial charge in [0.05, 0.1) is 6.61 Å². The van der Waals surface area contributed by atoms with Crippen LogP contribution in [0.5, 0.6) is 0 Å². The standard InChI is InChI=1S/C14H16FN3OS/c1-19-7-6-18-9-16-17-14(18)20-13-5-3-10-2-4-11(15)8-12(10)13/h2,4,8-9,13H,3,5-7H2,1H3. The Kier molecular flexibility index (Phi) is 4.03. The molecule has 20 heavy (non-hydrogen) atoms. The predicted molar refractivity (Wildman–Crippen MR) is 75.2 cm³/mol. The summed E-state index contributed by atoms with van der Waals surface area (Å²) in [4.78, 5) is 0. The average Bonchev–Trinajstić information content (AvgIpc) is 3.04. The Bertz CT molecular complexity index is 602. The number of hydrogen-bond acceptors (Lipinski definition) is 4. The molecule has 106 valence electrons. The highest BCUT2D eigenvalue weighted by atomic mass is 32.2. The molecule has 1 aromatic heterocycles. The summed E-state index contributed by atoms with van der Waals surface area (Å²) in [6, 6.07) is 5.07. The summed E-state index contributed by atoms with van der Waals surface area (Å²) in [6.07, 6.45) is 3.73. The van der Waals surface area contributed by atoms with Gasteiger partial charge in [0.2, 0.25) is 0 Å². The quantitative estimate of drug-likeness (QED) is 0.850. The van der Waals surface area contributed by atoms with Gasteiger partial charge in [-0.25, -0.2) is 4.39 Å². The maximum absolute atomic E-state index is 13.4. The minimum Gasteiger partial charge on any atom is -0.383 e. The third kappa shape index (κ3) is 2.71. The second kappa shape index (κ2) is 5.93. The van der Waals surface area contributed by atoms with Crippen molar-refractivity contribution in [1.29, 1.82) is 0 Å². The van der Waals surface area contributed by atoms with Gasteiger partial charge < -0.3 is 9.30 Å². The summed E-state index contributed by atoms with van der Waals surface area (Å²) in [6.45, 7) is 1.36. The molecule has 1 atom stereocenters. The van der Waals surface area contributed by atoms with Crippen LogP contribution in [0.15, 0.2) is 29.7 Å². The van der Waals surface area contributed by atoms with Gasteiger partial charge >= 0.3 is 0 Å². The fraction of sp³-hybridized carbons (Fsp3) is 0.429. The van der Waals surface area contributed by atoms with Crippen molar-refractivity contribution in [3.8, 4) is 0 Å². The van der Waals surface area contributed by atoms with Crippen LogP contribution in [0.25, 0.3) is 0 Å². The summed E-state index contributed by atoms with van der Waals surface area (Å²) in [5.41, 5.74) is 2.34. The number of thioether (sulfide) groups is 1. The van der Waals surface area contributed by atoms with Crippen molar-refractivity contribution in [2.24, 2.45) is 0 Å². The number of aryl methyl sites for hydroxylation is 1. The molecule has 0 aliphatic heterocycles. The van der Waals surface area contributed by atoms with E-state index < -0.39 is 0 Å². The van der Waals surface area contributed by atoms with Crippen LogP contribution in [-0.4, -0.2) is 28.5 Å². The summed E-state index contributed by atoms with van der Waals surface area (Å²) in [5, 5.41) is 9.23. The third-order valence-corrected chi connectivity index (χ3v) is 4.80. The molecule has 0 saturated heterocycles. The van der Waals surface area contributed by atoms with Crippen molar-refractivity contribution in [2.75, 3.05) is 13.7 Å². The molecule has 0 N–H and O–H groups in total. The fourth-order valence-corrected chi connectivity index (χ4v) is 3.67. The minimum absolute atomic E-state index is 0.169. The van der Waals surface area contributed by atoms with E-state index in [4.69, 9.17) is 4.74 Å². The smallest absolute Gasteiger partial charge is 0.191 e. The molecule has 2 aromatic rings. The number of hydrogen-bond donors (Lipinski definition) is 0. The molecule has 3 rings (SSSR count). The van der Waals surface area contributed by atoms with Gasteiger partial charge in [0.25, 0.3) is 0 Å². The lowest BCUT2D eigenvalue weighted by molar-refractivity contribution is 0.184. The van der Waals surface area contributed by atoms with Gasteiger partial charge in [0.15, 0.2) is 5.16 Å². The van der Waals surface area contributed by atoms with Gasteiger partial charge in [-0.1, -0.05) is 17.8 Å². The van der Waals surface area contributed by atoms with Gasteiger partial charge in [-0.15, -0.1) is 10.2 Å². The molecule has 1 heterocycles. The lowest BCUT2D eigenvalue weighted by Crippen LogP contribution is -2.05. The van der Waals surface area contributed by atoms with E-state index in [1.165, 1.54) is 11.6 Å². The van der Waals surface area contributed by atoms with Crippen molar-refractivity contribution in [3.05, 3.63) is 41.5 Å². The van der Waals surface area contributed by atoms with E-state index in [2.05, 4.69) is 10.2 Å². The molecule has 0 radical (unpaired) electrons. The van der Waals surface area contributed by atoms with E-state index in [9.17, 15) is 4.39 Å². The van der Waals surface area contributed by atoms with Crippen LogP contribution in [0, 0.1) is 5.82 Å². The minimum atomic E-state index is -0.169. The van der Waals surface area contributed by atoms with Crippen LogP contribution in [0.1, 0.15) is 22.8 Å². The molecule has 0 fully saturated rings. The first-order valence-corrected chi connectivity index (χ1v) is 7.47. The number of benzene rings is 1. The molecule has 1 aliphatic rings. The van der Waals surface area contributed by atoms with Crippen LogP contribution in [0.3, 0.4) is 0 Å². The maximum Gasteiger partial charge on any atom is 0.191 e. The summed E-state index contributed by atoms with van der Waals surface area (Å²) >= 11 is 1.65. The first kappa shape index (κ1) is 13.6. The monoisotopic (exact) mass is 293 g/mol. The lowest BCUT2D eigenvalue weighted by atomic mass is 10.1. The number of aromatic nitrogens is 3. The molecule has 1 unspecified atom stereocenters. The van der Waals surface area contributed by atoms with Gasteiger partial charge in [-0.3, -0.25) is 0 Å². The molecule has 1 aliphatic carbocycles. The van der Waals surface area contributed by atoms with Crippen molar-refractivity contribution in [2.45, 2.75) is 29.8 Å². The Morgan fingerprint density at radius 2 is 2.40 bits per heavy atom. The number of halogens is 1. The Balaban J connectivity index is 1.77. The van der Waals surface area contributed by atoms with E-state index >= 15 is 0 Å². The second-order valence-electron chi connectivity index (χ2n) is 4.79. The van der Waals surface area contributed by atoms with E-state index in [-0.39, 0.29) is 11.1 Å². The summed E-state index contributed by atoms with van der Waals surface area (Å²) < 4.78 is 20.5. The van der Waals surface area contributed by atoms with Gasteiger partial charge in [0.1, 0.15) is 12.1 Å². The fourth-order valence-electron chi connectivity index (χ4n) is 2.46. The molecule has 0 bridgehead atoms. The maximum atomic E-state index is 13.4. The average molecular weight is 293 g/mol. The van der Waals surface area contributed by atoms with Crippen LogP contribution >= 0.6 is 11.8 Å². The Labute approximate surface area is 121 Å². The molecule has 1 aromatic carbocycles. The zero-order valence-corrected chi connectivity index (χ0v) is 12.1. The normalized spacial score (nSPS) is 17.4. The number of ether oxygens (including phenoxy) is 1. The largest absolute Gasteiger partial charge is 0.383 e. The highest BCUT2D eigenvalue weighted by molar-refractivity contribution is 7.99. The van der Waals surface area contributed by atoms with Crippen LogP contribution in [0.4, 0.5) is 4.39 Å². The Morgan fingerprint density at radius 1 is 1.50 bits per heavy atom. The number of rotatable bonds is 5. The summed E-state index contributed by atoms with van der Waals surface area (Å²) in [7, 11) is 1.67. The lowest BCUT2D eigenvalue weighted by Gasteiger charge is -2.11. The zero-order valence-electron chi connectivity index (χ0n) is 11.3. The number of methoxy groups -OCH3 is 1. The van der Waals surface area contributed by atoms with E-state index in [1.807, 2.05) is 10.6 Å². The zero-order chi connectivity index (χ0) is 13.9. The third-order valence-electron chi connectivity index (χ3n) is 3.49. The molecule has 4 nitrogen and oxygen atoms in total. The van der Waals surface area contributed by atoms with Crippen LogP contribution in [0.2, 0.25) is 0 Å². The molecule has 0 saturated carbocycles. The van der Waals surface area contributed by atoms with Crippen molar-refractivity contribution < 1.29 is 9.13 Å². The molecular formula is C14H16FN3OS. The highest BCUT2D eigenvalue weighted by Crippen LogP contribution is 2.44. The van der Waals surface area contributed by atoms with E-state index in [0.717, 1.165) is 30.1 Å². The van der Waals surface area contributed by atoms with Gasteiger partial charge in [-0.05, 0) is 36.1 Å². The number of fused-ring (bicyclic) bond motifs is 1. The van der Waals surface area contributed by atoms with E-state index in [0.29, 0.717) is 6.61 Å².